The zero-order valence-corrected chi connectivity index (χ0v) is 15.8. The van der Waals surface area contributed by atoms with E-state index in [1.54, 1.807) is 17.4 Å². The molecule has 4 heterocycles. The lowest BCUT2D eigenvalue weighted by atomic mass is 10.0. The third-order valence-corrected chi connectivity index (χ3v) is 5.04. The number of hydrogen-bond acceptors (Lipinski definition) is 4. The van der Waals surface area contributed by atoms with Gasteiger partial charge in [0.15, 0.2) is 5.69 Å². The molecular formula is C19H23N7O2. The highest BCUT2D eigenvalue weighted by Crippen LogP contribution is 2.21. The number of fused-ring (bicyclic) bond motifs is 1. The molecule has 1 aliphatic heterocycles. The Labute approximate surface area is 162 Å². The van der Waals surface area contributed by atoms with Crippen LogP contribution in [-0.4, -0.2) is 54.1 Å². The molecule has 2 N–H and O–H groups in total. The van der Waals surface area contributed by atoms with E-state index in [-0.39, 0.29) is 11.8 Å². The summed E-state index contributed by atoms with van der Waals surface area (Å²) in [5, 5.41) is 10.1. The Morgan fingerprint density at radius 2 is 2.21 bits per heavy atom. The van der Waals surface area contributed by atoms with Crippen molar-refractivity contribution in [3.63, 3.8) is 0 Å². The number of nitrogens with one attached hydrogen (secondary N) is 2. The van der Waals surface area contributed by atoms with E-state index in [4.69, 9.17) is 0 Å². The van der Waals surface area contributed by atoms with Crippen molar-refractivity contribution >= 4 is 11.8 Å². The molecule has 2 amide bonds. The maximum absolute atomic E-state index is 12.7. The van der Waals surface area contributed by atoms with E-state index >= 15 is 0 Å². The zero-order valence-electron chi connectivity index (χ0n) is 15.8. The molecule has 0 bridgehead atoms. The summed E-state index contributed by atoms with van der Waals surface area (Å²) >= 11 is 0. The smallest absolute Gasteiger partial charge is 0.272 e. The number of rotatable bonds is 6. The molecular weight excluding hydrogens is 358 g/mol. The number of aromatic amines is 1. The summed E-state index contributed by atoms with van der Waals surface area (Å²) in [6, 6.07) is 3.67. The van der Waals surface area contributed by atoms with Crippen LogP contribution in [0.5, 0.6) is 0 Å². The number of imidazole rings is 1. The second kappa shape index (κ2) is 7.71. The number of aryl methyl sites for hydroxylation is 2. The molecule has 4 rings (SSSR count). The van der Waals surface area contributed by atoms with Gasteiger partial charge in [0.2, 0.25) is 0 Å². The molecule has 1 aliphatic rings. The molecule has 0 saturated carbocycles. The normalized spacial score (nSPS) is 13.4. The minimum atomic E-state index is -0.176. The second-order valence-electron chi connectivity index (χ2n) is 6.92. The molecule has 0 fully saturated rings. The van der Waals surface area contributed by atoms with Crippen molar-refractivity contribution in [1.82, 2.24) is 34.5 Å². The Kier molecular flexibility index (Phi) is 4.96. The molecule has 9 nitrogen and oxygen atoms in total. The molecule has 0 radical (unpaired) electrons. The lowest BCUT2D eigenvalue weighted by Gasteiger charge is -2.27. The van der Waals surface area contributed by atoms with Gasteiger partial charge in [-0.05, 0) is 25.0 Å². The fourth-order valence-electron chi connectivity index (χ4n) is 3.49. The zero-order chi connectivity index (χ0) is 19.5. The maximum atomic E-state index is 12.7. The highest BCUT2D eigenvalue weighted by molar-refractivity contribution is 5.95. The van der Waals surface area contributed by atoms with Crippen LogP contribution in [0.1, 0.15) is 38.7 Å². The van der Waals surface area contributed by atoms with Crippen LogP contribution in [0, 0.1) is 0 Å². The summed E-state index contributed by atoms with van der Waals surface area (Å²) in [5.41, 5.74) is 2.82. The molecule has 0 unspecified atom stereocenters. The van der Waals surface area contributed by atoms with Crippen molar-refractivity contribution in [2.75, 3.05) is 13.1 Å². The molecule has 0 saturated heterocycles. The Balaban J connectivity index is 1.35. The van der Waals surface area contributed by atoms with Crippen LogP contribution in [0.3, 0.4) is 0 Å². The largest absolute Gasteiger partial charge is 0.351 e. The van der Waals surface area contributed by atoms with E-state index in [2.05, 4.69) is 20.5 Å². The molecule has 0 aromatic carbocycles. The minimum absolute atomic E-state index is 0.0155. The third-order valence-electron chi connectivity index (χ3n) is 5.04. The van der Waals surface area contributed by atoms with Crippen LogP contribution in [0.4, 0.5) is 0 Å². The molecule has 3 aromatic heterocycles. The summed E-state index contributed by atoms with van der Waals surface area (Å²) < 4.78 is 3.79. The fraction of sp³-hybridized carbons (Fsp3) is 0.368. The Morgan fingerprint density at radius 3 is 2.96 bits per heavy atom. The number of carbonyl (C=O) groups excluding carboxylic acids is 2. The van der Waals surface area contributed by atoms with Gasteiger partial charge in [0.25, 0.3) is 11.8 Å². The van der Waals surface area contributed by atoms with Gasteiger partial charge in [0.1, 0.15) is 5.69 Å². The predicted octanol–water partition coefficient (Wildman–Crippen LogP) is 0.963. The number of amides is 2. The number of nitrogens with zero attached hydrogens (tertiary/aromatic N) is 5. The predicted molar refractivity (Wildman–Crippen MR) is 102 cm³/mol. The lowest BCUT2D eigenvalue weighted by molar-refractivity contribution is 0.0723. The summed E-state index contributed by atoms with van der Waals surface area (Å²) in [7, 11) is 1.86. The van der Waals surface area contributed by atoms with Crippen LogP contribution in [0.25, 0.3) is 0 Å². The Hall–Kier alpha value is -3.36. The second-order valence-corrected chi connectivity index (χ2v) is 6.92. The van der Waals surface area contributed by atoms with Gasteiger partial charge in [-0.15, -0.1) is 0 Å². The van der Waals surface area contributed by atoms with Crippen LogP contribution >= 0.6 is 0 Å². The summed E-state index contributed by atoms with van der Waals surface area (Å²) in [4.78, 5) is 31.0. The molecule has 3 aromatic rings. The van der Waals surface area contributed by atoms with Crippen molar-refractivity contribution in [1.29, 1.82) is 0 Å². The van der Waals surface area contributed by atoms with Gasteiger partial charge in [-0.2, -0.15) is 5.10 Å². The maximum Gasteiger partial charge on any atom is 0.272 e. The van der Waals surface area contributed by atoms with Crippen molar-refractivity contribution < 1.29 is 9.59 Å². The summed E-state index contributed by atoms with van der Waals surface area (Å²) in [6.45, 7) is 2.36. The van der Waals surface area contributed by atoms with Gasteiger partial charge in [-0.1, -0.05) is 0 Å². The van der Waals surface area contributed by atoms with Gasteiger partial charge in [-0.25, -0.2) is 4.98 Å². The molecule has 0 aliphatic carbocycles. The van der Waals surface area contributed by atoms with Crippen molar-refractivity contribution in [2.24, 2.45) is 7.05 Å². The molecule has 0 atom stereocenters. The Morgan fingerprint density at radius 1 is 1.32 bits per heavy atom. The van der Waals surface area contributed by atoms with E-state index in [1.807, 2.05) is 40.7 Å². The number of H-pyrrole nitrogens is 1. The number of carbonyl (C=O) groups is 2. The van der Waals surface area contributed by atoms with Crippen molar-refractivity contribution in [2.45, 2.75) is 25.9 Å². The third kappa shape index (κ3) is 3.55. The first-order valence-electron chi connectivity index (χ1n) is 9.34. The fourth-order valence-corrected chi connectivity index (χ4v) is 3.49. The van der Waals surface area contributed by atoms with Crippen LogP contribution < -0.4 is 5.32 Å². The monoisotopic (exact) mass is 381 g/mol. The summed E-state index contributed by atoms with van der Waals surface area (Å²) in [5.74, 6) is -0.191. The van der Waals surface area contributed by atoms with Crippen LogP contribution in [0.15, 0.2) is 37.1 Å². The molecule has 28 heavy (non-hydrogen) atoms. The molecule has 146 valence electrons. The van der Waals surface area contributed by atoms with Crippen LogP contribution in [0.2, 0.25) is 0 Å². The first-order chi connectivity index (χ1) is 13.6. The number of aromatic nitrogens is 5. The van der Waals surface area contributed by atoms with Gasteiger partial charge < -0.3 is 19.4 Å². The van der Waals surface area contributed by atoms with E-state index < -0.39 is 0 Å². The number of hydrogen-bond donors (Lipinski definition) is 2. The SMILES string of the molecule is Cn1cccc1C(=O)N1CCc2c(C(=O)NCCCn3ccnc3)n[nH]c2C1. The molecule has 9 heteroatoms. The van der Waals surface area contributed by atoms with Crippen molar-refractivity contribution in [3.05, 3.63) is 59.7 Å². The summed E-state index contributed by atoms with van der Waals surface area (Å²) in [6.07, 6.45) is 8.67. The van der Waals surface area contributed by atoms with E-state index in [0.29, 0.717) is 37.4 Å². The van der Waals surface area contributed by atoms with Gasteiger partial charge >= 0.3 is 0 Å². The van der Waals surface area contributed by atoms with Gasteiger partial charge in [0.05, 0.1) is 18.6 Å². The average Bonchev–Trinajstić information content (AvgIpc) is 3.44. The topological polar surface area (TPSA) is 101 Å². The quantitative estimate of drug-likeness (QED) is 0.621. The van der Waals surface area contributed by atoms with Gasteiger partial charge in [0, 0.05) is 50.8 Å². The standard InChI is InChI=1S/C19H23N7O2/c1-24-8-2-4-16(24)19(28)26-10-5-14-15(12-26)22-23-17(14)18(27)21-6-3-9-25-11-7-20-13-25/h2,4,7-8,11,13H,3,5-6,9-10,12H2,1H3,(H,21,27)(H,22,23). The first-order valence-corrected chi connectivity index (χ1v) is 9.34. The average molecular weight is 381 g/mol. The first kappa shape index (κ1) is 18.0. The highest BCUT2D eigenvalue weighted by Gasteiger charge is 2.28. The van der Waals surface area contributed by atoms with E-state index in [0.717, 1.165) is 24.2 Å². The van der Waals surface area contributed by atoms with Crippen LogP contribution in [-0.2, 0) is 26.6 Å². The van der Waals surface area contributed by atoms with Crippen molar-refractivity contribution in [3.8, 4) is 0 Å². The van der Waals surface area contributed by atoms with Gasteiger partial charge in [-0.3, -0.25) is 14.7 Å². The highest BCUT2D eigenvalue weighted by atomic mass is 16.2. The molecule has 0 spiro atoms. The van der Waals surface area contributed by atoms with E-state index in [1.165, 1.54) is 0 Å². The van der Waals surface area contributed by atoms with E-state index in [9.17, 15) is 9.59 Å². The minimum Gasteiger partial charge on any atom is -0.351 e. The Bertz CT molecular complexity index is 970. The lowest BCUT2D eigenvalue weighted by Crippen LogP contribution is -2.37.